The van der Waals surface area contributed by atoms with Crippen molar-refractivity contribution in [2.45, 2.75) is 20.8 Å². The number of aliphatic imine (C=N–C) groups is 1. The Kier molecular flexibility index (Phi) is 3.69. The molecule has 0 N–H and O–H groups in total. The van der Waals surface area contributed by atoms with Gasteiger partial charge in [0, 0.05) is 11.9 Å². The fraction of sp³-hybridized carbons (Fsp3) is 0.375. The minimum absolute atomic E-state index is 0.844. The van der Waals surface area contributed by atoms with Crippen LogP contribution in [0.1, 0.15) is 20.8 Å². The summed E-state index contributed by atoms with van der Waals surface area (Å²) in [5.41, 5.74) is 2.01. The number of nitrogens with zero attached hydrogens (tertiary/aromatic N) is 1. The highest BCUT2D eigenvalue weighted by Gasteiger charge is 1.76. The summed E-state index contributed by atoms with van der Waals surface area (Å²) >= 11 is 0. The Bertz CT molecular complexity index is 152. The predicted octanol–water partition coefficient (Wildman–Crippen LogP) is 2.56. The average molecular weight is 123 g/mol. The van der Waals surface area contributed by atoms with Gasteiger partial charge in [-0.05, 0) is 26.3 Å². The van der Waals surface area contributed by atoms with Crippen LogP contribution in [0.2, 0.25) is 0 Å². The van der Waals surface area contributed by atoms with E-state index >= 15 is 0 Å². The summed E-state index contributed by atoms with van der Waals surface area (Å²) in [5.74, 6) is 0. The summed E-state index contributed by atoms with van der Waals surface area (Å²) in [6, 6.07) is 0. The van der Waals surface area contributed by atoms with Crippen molar-refractivity contribution in [1.82, 2.24) is 0 Å². The van der Waals surface area contributed by atoms with Crippen molar-refractivity contribution in [2.75, 3.05) is 0 Å². The third kappa shape index (κ3) is 5.01. The van der Waals surface area contributed by atoms with Gasteiger partial charge in [-0.3, -0.25) is 4.99 Å². The fourth-order valence-corrected chi connectivity index (χ4v) is 0.287. The summed E-state index contributed by atoms with van der Waals surface area (Å²) in [6.07, 6.45) is 3.81. The molecule has 9 heavy (non-hydrogen) atoms. The Morgan fingerprint density at radius 3 is 2.33 bits per heavy atom. The Morgan fingerprint density at radius 1 is 1.44 bits per heavy atom. The molecule has 0 aliphatic carbocycles. The largest absolute Gasteiger partial charge is 0.262 e. The third-order valence-electron chi connectivity index (χ3n) is 0.944. The van der Waals surface area contributed by atoms with Crippen molar-refractivity contribution >= 4 is 6.21 Å². The molecule has 0 aliphatic rings. The summed E-state index contributed by atoms with van der Waals surface area (Å²) in [4.78, 5) is 4.01. The van der Waals surface area contributed by atoms with E-state index in [-0.39, 0.29) is 0 Å². The summed E-state index contributed by atoms with van der Waals surface area (Å²) in [7, 11) is 0. The van der Waals surface area contributed by atoms with Gasteiger partial charge in [0.15, 0.2) is 0 Å². The first-order chi connectivity index (χ1) is 4.16. The molecule has 0 aromatic carbocycles. The quantitative estimate of drug-likeness (QED) is 0.500. The number of hydrogen-bond acceptors (Lipinski definition) is 1. The molecule has 0 fully saturated rings. The van der Waals surface area contributed by atoms with Crippen LogP contribution in [-0.4, -0.2) is 6.21 Å². The predicted molar refractivity (Wildman–Crippen MR) is 42.7 cm³/mol. The van der Waals surface area contributed by atoms with Crippen molar-refractivity contribution in [2.24, 2.45) is 4.99 Å². The summed E-state index contributed by atoms with van der Waals surface area (Å²) in [6.45, 7) is 9.50. The second-order valence-electron chi connectivity index (χ2n) is 2.03. The Labute approximate surface area is 56.8 Å². The molecule has 0 saturated carbocycles. The molecule has 0 atom stereocenters. The normalized spacial score (nSPS) is 12.6. The maximum absolute atomic E-state index is 4.01. The number of allylic oxidation sites excluding steroid dienone is 3. The highest BCUT2D eigenvalue weighted by molar-refractivity contribution is 5.78. The maximum atomic E-state index is 4.01. The second-order valence-corrected chi connectivity index (χ2v) is 2.03. The van der Waals surface area contributed by atoms with Gasteiger partial charge in [0.25, 0.3) is 0 Å². The van der Waals surface area contributed by atoms with E-state index < -0.39 is 0 Å². The van der Waals surface area contributed by atoms with E-state index in [0.717, 1.165) is 11.3 Å². The first-order valence-corrected chi connectivity index (χ1v) is 2.99. The molecule has 0 aromatic rings. The van der Waals surface area contributed by atoms with Crippen LogP contribution in [0.4, 0.5) is 0 Å². The smallest absolute Gasteiger partial charge is 0.0301 e. The molecule has 0 amide bonds. The highest BCUT2D eigenvalue weighted by Crippen LogP contribution is 1.91. The lowest BCUT2D eigenvalue weighted by molar-refractivity contribution is 1.33. The monoisotopic (exact) mass is 123 g/mol. The lowest BCUT2D eigenvalue weighted by atomic mass is 10.3. The summed E-state index contributed by atoms with van der Waals surface area (Å²) < 4.78 is 0. The van der Waals surface area contributed by atoms with Crippen molar-refractivity contribution < 1.29 is 0 Å². The van der Waals surface area contributed by atoms with Crippen molar-refractivity contribution in [1.29, 1.82) is 0 Å². The van der Waals surface area contributed by atoms with Crippen LogP contribution in [0.3, 0.4) is 0 Å². The second kappa shape index (κ2) is 4.07. The molecule has 1 nitrogen and oxygen atoms in total. The van der Waals surface area contributed by atoms with Crippen LogP contribution in [0.15, 0.2) is 28.9 Å². The van der Waals surface area contributed by atoms with E-state index in [1.54, 1.807) is 0 Å². The molecule has 0 radical (unpaired) electrons. The van der Waals surface area contributed by atoms with Crippen LogP contribution in [0.5, 0.6) is 0 Å². The molecule has 0 aromatic heterocycles. The zero-order valence-electron chi connectivity index (χ0n) is 6.31. The lowest BCUT2D eigenvalue weighted by Crippen LogP contribution is -1.75. The third-order valence-corrected chi connectivity index (χ3v) is 0.944. The van der Waals surface area contributed by atoms with E-state index in [2.05, 4.69) is 11.6 Å². The van der Waals surface area contributed by atoms with Crippen molar-refractivity contribution in [3.8, 4) is 0 Å². The van der Waals surface area contributed by atoms with Gasteiger partial charge in [0.05, 0.1) is 0 Å². The first-order valence-electron chi connectivity index (χ1n) is 2.99. The van der Waals surface area contributed by atoms with Gasteiger partial charge >= 0.3 is 0 Å². The minimum atomic E-state index is 0.844. The van der Waals surface area contributed by atoms with E-state index in [0.29, 0.717) is 0 Å². The van der Waals surface area contributed by atoms with Gasteiger partial charge in [0.1, 0.15) is 0 Å². The van der Waals surface area contributed by atoms with E-state index in [4.69, 9.17) is 0 Å². The SMILES string of the molecule is C=C(C)N=C/C(C)=C\C. The topological polar surface area (TPSA) is 12.4 Å². The summed E-state index contributed by atoms with van der Waals surface area (Å²) in [5, 5.41) is 0. The molecule has 0 spiro atoms. The molecule has 0 heterocycles. The Morgan fingerprint density at radius 2 is 2.00 bits per heavy atom. The Hall–Kier alpha value is -0.850. The van der Waals surface area contributed by atoms with Crippen LogP contribution in [-0.2, 0) is 0 Å². The van der Waals surface area contributed by atoms with E-state index in [9.17, 15) is 0 Å². The van der Waals surface area contributed by atoms with Gasteiger partial charge < -0.3 is 0 Å². The highest BCUT2D eigenvalue weighted by atomic mass is 14.7. The van der Waals surface area contributed by atoms with Gasteiger partial charge in [-0.1, -0.05) is 12.7 Å². The number of hydrogen-bond donors (Lipinski definition) is 0. The van der Waals surface area contributed by atoms with Crippen molar-refractivity contribution in [3.05, 3.63) is 23.9 Å². The van der Waals surface area contributed by atoms with Gasteiger partial charge in [-0.2, -0.15) is 0 Å². The molecule has 0 rings (SSSR count). The molecule has 1 heteroatoms. The Balaban J connectivity index is 3.86. The molecule has 0 saturated heterocycles. The van der Waals surface area contributed by atoms with Crippen LogP contribution >= 0.6 is 0 Å². The standard InChI is InChI=1S/C8H13N/c1-5-8(4)6-9-7(2)3/h5-6H,2H2,1,3-4H3/b8-5-,9-6?. The minimum Gasteiger partial charge on any atom is -0.262 e. The van der Waals surface area contributed by atoms with Gasteiger partial charge in [-0.15, -0.1) is 0 Å². The average Bonchev–Trinajstić information content (AvgIpc) is 1.83. The van der Waals surface area contributed by atoms with E-state index in [1.807, 2.05) is 33.1 Å². The van der Waals surface area contributed by atoms with Crippen LogP contribution in [0.25, 0.3) is 0 Å². The lowest BCUT2D eigenvalue weighted by Gasteiger charge is -1.86. The zero-order valence-corrected chi connectivity index (χ0v) is 6.31. The van der Waals surface area contributed by atoms with Crippen LogP contribution < -0.4 is 0 Å². The molecule has 0 bridgehead atoms. The first kappa shape index (κ1) is 8.15. The molecule has 0 aliphatic heterocycles. The number of rotatable bonds is 2. The fourth-order valence-electron chi connectivity index (χ4n) is 0.287. The van der Waals surface area contributed by atoms with Crippen molar-refractivity contribution in [3.63, 3.8) is 0 Å². The maximum Gasteiger partial charge on any atom is 0.0301 e. The van der Waals surface area contributed by atoms with Crippen LogP contribution in [0, 0.1) is 0 Å². The molecular weight excluding hydrogens is 110 g/mol. The molecular formula is C8H13N. The van der Waals surface area contributed by atoms with Gasteiger partial charge in [-0.25, -0.2) is 0 Å². The zero-order chi connectivity index (χ0) is 7.28. The molecule has 50 valence electrons. The molecule has 0 unspecified atom stereocenters. The van der Waals surface area contributed by atoms with E-state index in [1.165, 1.54) is 0 Å². The van der Waals surface area contributed by atoms with Gasteiger partial charge in [0.2, 0.25) is 0 Å².